The van der Waals surface area contributed by atoms with Crippen LogP contribution in [0.4, 0.5) is 5.69 Å². The third-order valence-electron chi connectivity index (χ3n) is 4.36. The van der Waals surface area contributed by atoms with E-state index in [2.05, 4.69) is 57.2 Å². The average Bonchev–Trinajstić information content (AvgIpc) is 3.06. The number of rotatable bonds is 0. The lowest BCUT2D eigenvalue weighted by Crippen LogP contribution is -1.85. The first kappa shape index (κ1) is 17.5. The molecule has 126 valence electrons. The Bertz CT molecular complexity index is 1110. The topological polar surface area (TPSA) is 49.8 Å². The number of hydrogen-bond donors (Lipinski definition) is 1. The summed E-state index contributed by atoms with van der Waals surface area (Å²) in [5.41, 5.74) is 10.2. The lowest BCUT2D eigenvalue weighted by Gasteiger charge is -1.96. The van der Waals surface area contributed by atoms with Crippen LogP contribution in [0.2, 0.25) is 0 Å². The SMILES string of the molecule is Cc1sc2cccc(C)c2c1C#N.Cc1sc2cccc(C)c2c1N. The quantitative estimate of drug-likeness (QED) is 0.387. The Hall–Kier alpha value is -2.35. The van der Waals surface area contributed by atoms with Gasteiger partial charge in [-0.3, -0.25) is 0 Å². The van der Waals surface area contributed by atoms with E-state index in [4.69, 9.17) is 11.0 Å². The van der Waals surface area contributed by atoms with Gasteiger partial charge in [-0.25, -0.2) is 0 Å². The van der Waals surface area contributed by atoms with Crippen LogP contribution in [0.15, 0.2) is 36.4 Å². The number of fused-ring (bicyclic) bond motifs is 2. The zero-order valence-electron chi connectivity index (χ0n) is 14.8. The Morgan fingerprint density at radius 1 is 0.800 bits per heavy atom. The van der Waals surface area contributed by atoms with Crippen LogP contribution >= 0.6 is 22.7 Å². The number of aryl methyl sites for hydroxylation is 4. The molecule has 2 nitrogen and oxygen atoms in total. The van der Waals surface area contributed by atoms with Gasteiger partial charge in [0.2, 0.25) is 0 Å². The maximum atomic E-state index is 8.99. The van der Waals surface area contributed by atoms with Crippen molar-refractivity contribution in [1.29, 1.82) is 5.26 Å². The first-order valence-electron chi connectivity index (χ1n) is 8.07. The van der Waals surface area contributed by atoms with Crippen LogP contribution in [0.3, 0.4) is 0 Å². The first-order valence-corrected chi connectivity index (χ1v) is 9.70. The number of thiophene rings is 2. The molecule has 0 saturated heterocycles. The Balaban J connectivity index is 0.000000146. The molecule has 0 unspecified atom stereocenters. The molecule has 0 fully saturated rings. The van der Waals surface area contributed by atoms with Crippen LogP contribution in [0, 0.1) is 39.0 Å². The summed E-state index contributed by atoms with van der Waals surface area (Å²) in [7, 11) is 0. The number of benzene rings is 2. The second-order valence-corrected chi connectivity index (χ2v) is 8.63. The molecule has 0 amide bonds. The molecule has 0 saturated carbocycles. The Morgan fingerprint density at radius 3 is 1.88 bits per heavy atom. The van der Waals surface area contributed by atoms with Crippen molar-refractivity contribution in [3.63, 3.8) is 0 Å². The molecule has 4 heteroatoms. The molecule has 0 bridgehead atoms. The van der Waals surface area contributed by atoms with Gasteiger partial charge in [0.05, 0.1) is 11.3 Å². The number of nitriles is 1. The fourth-order valence-corrected chi connectivity index (χ4v) is 5.19. The zero-order valence-corrected chi connectivity index (χ0v) is 16.4. The van der Waals surface area contributed by atoms with Crippen molar-refractivity contribution >= 4 is 48.5 Å². The molecule has 4 rings (SSSR count). The molecule has 0 aliphatic carbocycles. The van der Waals surface area contributed by atoms with Crippen LogP contribution in [0.5, 0.6) is 0 Å². The molecule has 0 aliphatic heterocycles. The van der Waals surface area contributed by atoms with E-state index >= 15 is 0 Å². The highest BCUT2D eigenvalue weighted by atomic mass is 32.1. The number of anilines is 1. The van der Waals surface area contributed by atoms with Gasteiger partial charge in [0.25, 0.3) is 0 Å². The molecular formula is C21H20N2S2. The van der Waals surface area contributed by atoms with Crippen molar-refractivity contribution in [3.8, 4) is 6.07 Å². The van der Waals surface area contributed by atoms with Crippen LogP contribution in [-0.4, -0.2) is 0 Å². The predicted molar refractivity (Wildman–Crippen MR) is 112 cm³/mol. The molecule has 2 aromatic carbocycles. The highest BCUT2D eigenvalue weighted by molar-refractivity contribution is 7.19. The van der Waals surface area contributed by atoms with Gasteiger partial charge >= 0.3 is 0 Å². The van der Waals surface area contributed by atoms with Gasteiger partial charge in [-0.1, -0.05) is 24.3 Å². The third-order valence-corrected chi connectivity index (χ3v) is 6.51. The van der Waals surface area contributed by atoms with Crippen molar-refractivity contribution in [1.82, 2.24) is 0 Å². The molecule has 0 aliphatic rings. The highest BCUT2D eigenvalue weighted by Crippen LogP contribution is 2.34. The van der Waals surface area contributed by atoms with Gasteiger partial charge in [-0.05, 0) is 51.0 Å². The molecule has 2 aromatic heterocycles. The van der Waals surface area contributed by atoms with Gasteiger partial charge < -0.3 is 5.73 Å². The van der Waals surface area contributed by atoms with Crippen LogP contribution in [0.25, 0.3) is 20.2 Å². The summed E-state index contributed by atoms with van der Waals surface area (Å²) >= 11 is 3.46. The largest absolute Gasteiger partial charge is 0.397 e. The molecule has 25 heavy (non-hydrogen) atoms. The summed E-state index contributed by atoms with van der Waals surface area (Å²) in [5.74, 6) is 0. The normalized spacial score (nSPS) is 10.5. The molecule has 2 N–H and O–H groups in total. The van der Waals surface area contributed by atoms with E-state index in [-0.39, 0.29) is 0 Å². The first-order chi connectivity index (χ1) is 11.9. The van der Waals surface area contributed by atoms with E-state index in [1.165, 1.54) is 30.8 Å². The summed E-state index contributed by atoms with van der Waals surface area (Å²) in [4.78, 5) is 2.34. The Labute approximate surface area is 156 Å². The molecule has 2 heterocycles. The molecule has 4 aromatic rings. The standard InChI is InChI=1S/C11H9NS.C10H11NS/c1-7-4-3-5-10-11(7)9(6-12)8(2)13-10;1-6-4-3-5-8-9(6)10(11)7(2)12-8/h3-5H,1-2H3;3-5H,11H2,1-2H3. The van der Waals surface area contributed by atoms with Gasteiger partial charge in [-0.2, -0.15) is 5.26 Å². The van der Waals surface area contributed by atoms with E-state index in [0.717, 1.165) is 21.5 Å². The molecule has 0 atom stereocenters. The lowest BCUT2D eigenvalue weighted by atomic mass is 10.1. The molecule has 0 radical (unpaired) electrons. The summed E-state index contributed by atoms with van der Waals surface area (Å²) in [5, 5.41) is 11.4. The van der Waals surface area contributed by atoms with Crippen molar-refractivity contribution in [3.05, 3.63) is 62.8 Å². The van der Waals surface area contributed by atoms with Crippen LogP contribution in [-0.2, 0) is 0 Å². The second-order valence-electron chi connectivity index (χ2n) is 6.11. The van der Waals surface area contributed by atoms with Crippen molar-refractivity contribution < 1.29 is 0 Å². The van der Waals surface area contributed by atoms with Gasteiger partial charge in [0.15, 0.2) is 0 Å². The zero-order chi connectivity index (χ0) is 18.1. The Kier molecular flexibility index (Phi) is 4.80. The minimum atomic E-state index is 0.845. The van der Waals surface area contributed by atoms with Crippen LogP contribution < -0.4 is 5.73 Å². The van der Waals surface area contributed by atoms with Crippen molar-refractivity contribution in [2.75, 3.05) is 5.73 Å². The number of nitrogens with zero attached hydrogens (tertiary/aromatic N) is 1. The minimum absolute atomic E-state index is 0.845. The van der Waals surface area contributed by atoms with Gasteiger partial charge in [-0.15, -0.1) is 22.7 Å². The van der Waals surface area contributed by atoms with Crippen molar-refractivity contribution in [2.24, 2.45) is 0 Å². The molecule has 0 spiro atoms. The number of hydrogen-bond acceptors (Lipinski definition) is 4. The van der Waals surface area contributed by atoms with E-state index in [1.54, 1.807) is 22.7 Å². The average molecular weight is 365 g/mol. The fourth-order valence-electron chi connectivity index (χ4n) is 3.04. The van der Waals surface area contributed by atoms with E-state index < -0.39 is 0 Å². The number of nitrogens with two attached hydrogens (primary N) is 1. The monoisotopic (exact) mass is 364 g/mol. The highest BCUT2D eigenvalue weighted by Gasteiger charge is 2.09. The molecular weight excluding hydrogens is 344 g/mol. The minimum Gasteiger partial charge on any atom is -0.397 e. The lowest BCUT2D eigenvalue weighted by molar-refractivity contribution is 1.46. The van der Waals surface area contributed by atoms with Crippen molar-refractivity contribution in [2.45, 2.75) is 27.7 Å². The van der Waals surface area contributed by atoms with Crippen LogP contribution in [0.1, 0.15) is 26.4 Å². The smallest absolute Gasteiger partial charge is 0.101 e. The second kappa shape index (κ2) is 6.87. The summed E-state index contributed by atoms with van der Waals surface area (Å²) in [6, 6.07) is 14.7. The number of nitrogen functional groups attached to an aromatic ring is 1. The summed E-state index contributed by atoms with van der Waals surface area (Å²) in [6.07, 6.45) is 0. The Morgan fingerprint density at radius 2 is 1.32 bits per heavy atom. The maximum absolute atomic E-state index is 8.99. The fraction of sp³-hybridized carbons (Fsp3) is 0.190. The maximum Gasteiger partial charge on any atom is 0.101 e. The third kappa shape index (κ3) is 3.13. The summed E-state index contributed by atoms with van der Waals surface area (Å²) in [6.45, 7) is 8.22. The van der Waals surface area contributed by atoms with E-state index in [9.17, 15) is 0 Å². The van der Waals surface area contributed by atoms with E-state index in [1.807, 2.05) is 13.0 Å². The van der Waals surface area contributed by atoms with Gasteiger partial charge in [0.1, 0.15) is 6.07 Å². The van der Waals surface area contributed by atoms with Gasteiger partial charge in [0, 0.05) is 29.9 Å². The summed E-state index contributed by atoms with van der Waals surface area (Å²) < 4.78 is 2.51. The van der Waals surface area contributed by atoms with E-state index in [0.29, 0.717) is 0 Å². The predicted octanol–water partition coefficient (Wildman–Crippen LogP) is 6.49.